The van der Waals surface area contributed by atoms with Gasteiger partial charge in [-0.3, -0.25) is 9.69 Å². The van der Waals surface area contributed by atoms with Crippen LogP contribution in [0.3, 0.4) is 0 Å². The predicted octanol–water partition coefficient (Wildman–Crippen LogP) is 4.71. The molecule has 2 fully saturated rings. The number of hydrogen-bond donors (Lipinski definition) is 0. The van der Waals surface area contributed by atoms with Crippen molar-refractivity contribution in [2.75, 3.05) is 26.7 Å². The Kier molecular flexibility index (Phi) is 6.79. The minimum atomic E-state index is -0.124. The van der Waals surface area contributed by atoms with E-state index in [9.17, 15) is 14.4 Å². The average Bonchev–Trinajstić information content (AvgIpc) is 2.83. The molecule has 2 aliphatic heterocycles. The number of urea groups is 1. The van der Waals surface area contributed by atoms with Crippen LogP contribution in [0.25, 0.3) is 0 Å². The summed E-state index contributed by atoms with van der Waals surface area (Å²) in [4.78, 5) is 42.4. The van der Waals surface area contributed by atoms with E-state index in [1.807, 2.05) is 29.2 Å². The van der Waals surface area contributed by atoms with Crippen LogP contribution in [-0.2, 0) is 11.3 Å². The Bertz CT molecular complexity index is 899. The number of allylic oxidation sites excluding steroid dienone is 2. The molecule has 4 amide bonds. The zero-order valence-electron chi connectivity index (χ0n) is 19.5. The number of likely N-dealkylation sites (tertiary alicyclic amines) is 2. The number of nitrogens with zero attached hydrogens (tertiary/aromatic N) is 3. The molecule has 0 N–H and O–H groups in total. The second kappa shape index (κ2) is 9.57. The number of fused-ring (bicyclic) bond motifs is 1. The van der Waals surface area contributed by atoms with Crippen LogP contribution in [0, 0.1) is 5.92 Å². The second-order valence-corrected chi connectivity index (χ2v) is 9.69. The maximum atomic E-state index is 13.2. The Balaban J connectivity index is 1.43. The fraction of sp³-hybridized carbons (Fsp3) is 0.577. The van der Waals surface area contributed by atoms with Crippen LogP contribution in [0.4, 0.5) is 4.79 Å². The number of rotatable bonds is 3. The van der Waals surface area contributed by atoms with Crippen molar-refractivity contribution in [2.24, 2.45) is 5.92 Å². The molecular weight excluding hydrogens is 402 g/mol. The average molecular weight is 439 g/mol. The molecule has 6 nitrogen and oxygen atoms in total. The van der Waals surface area contributed by atoms with E-state index in [0.29, 0.717) is 31.1 Å². The molecule has 2 heterocycles. The van der Waals surface area contributed by atoms with Crippen molar-refractivity contribution in [1.29, 1.82) is 0 Å². The summed E-state index contributed by atoms with van der Waals surface area (Å²) in [6.45, 7) is 3.95. The number of piperidine rings is 2. The molecule has 4 rings (SSSR count). The summed E-state index contributed by atoms with van der Waals surface area (Å²) < 4.78 is -0.0711. The van der Waals surface area contributed by atoms with Gasteiger partial charge in [-0.15, -0.1) is 0 Å². The van der Waals surface area contributed by atoms with E-state index < -0.39 is 0 Å². The lowest BCUT2D eigenvalue weighted by Gasteiger charge is -2.38. The highest BCUT2D eigenvalue weighted by molar-refractivity contribution is 5.95. The van der Waals surface area contributed by atoms with Crippen molar-refractivity contribution >= 4 is 17.8 Å². The lowest BCUT2D eigenvalue weighted by molar-refractivity contribution is -0.783. The molecule has 1 aromatic rings. The maximum absolute atomic E-state index is 13.2. The Morgan fingerprint density at radius 1 is 1.00 bits per heavy atom. The van der Waals surface area contributed by atoms with Gasteiger partial charge in [0.05, 0.1) is 26.6 Å². The fourth-order valence-electron chi connectivity index (χ4n) is 5.66. The number of benzene rings is 1. The van der Waals surface area contributed by atoms with Crippen LogP contribution < -0.4 is 0 Å². The number of hydrogen-bond acceptors (Lipinski definition) is 3. The van der Waals surface area contributed by atoms with Crippen molar-refractivity contribution in [2.45, 2.75) is 64.8 Å². The lowest BCUT2D eigenvalue weighted by atomic mass is 9.84. The van der Waals surface area contributed by atoms with Gasteiger partial charge in [-0.05, 0) is 75.0 Å². The zero-order valence-corrected chi connectivity index (χ0v) is 19.5. The Labute approximate surface area is 191 Å². The summed E-state index contributed by atoms with van der Waals surface area (Å²) in [6, 6.07) is 7.49. The largest absolute Gasteiger partial charge is 0.426 e. The first kappa shape index (κ1) is 22.7. The molecule has 0 radical (unpaired) electrons. The number of quaternary nitrogens is 1. The van der Waals surface area contributed by atoms with E-state index in [4.69, 9.17) is 0 Å². The SMILES string of the molecule is CC(=O)[N+]1(C(=O)N(C)Cc2ccc(C(=O)N3CCCC4CCCC=C43)cc2)CCCCC1. The van der Waals surface area contributed by atoms with Gasteiger partial charge in [0.1, 0.15) is 0 Å². The van der Waals surface area contributed by atoms with Gasteiger partial charge in [0.25, 0.3) is 5.91 Å². The highest BCUT2D eigenvalue weighted by Gasteiger charge is 2.45. The third-order valence-electron chi connectivity index (χ3n) is 7.52. The minimum absolute atomic E-state index is 0.0700. The lowest BCUT2D eigenvalue weighted by Crippen LogP contribution is -2.62. The third kappa shape index (κ3) is 4.38. The van der Waals surface area contributed by atoms with Crippen LogP contribution in [-0.4, -0.2) is 58.8 Å². The smallest absolute Gasteiger partial charge is 0.312 e. The van der Waals surface area contributed by atoms with Gasteiger partial charge in [-0.1, -0.05) is 18.2 Å². The number of imide groups is 1. The molecule has 1 aliphatic carbocycles. The molecule has 6 heteroatoms. The van der Waals surface area contributed by atoms with Crippen LogP contribution in [0.5, 0.6) is 0 Å². The molecule has 0 bridgehead atoms. The van der Waals surface area contributed by atoms with Crippen LogP contribution >= 0.6 is 0 Å². The molecule has 3 aliphatic rings. The summed E-state index contributed by atoms with van der Waals surface area (Å²) in [5, 5.41) is 0. The van der Waals surface area contributed by atoms with Crippen molar-refractivity contribution < 1.29 is 18.9 Å². The van der Waals surface area contributed by atoms with Crippen molar-refractivity contribution in [1.82, 2.24) is 9.80 Å². The summed E-state index contributed by atoms with van der Waals surface area (Å²) in [5.74, 6) is 0.541. The van der Waals surface area contributed by atoms with Gasteiger partial charge in [0.15, 0.2) is 0 Å². The molecule has 1 unspecified atom stereocenters. The van der Waals surface area contributed by atoms with Crippen molar-refractivity contribution in [3.63, 3.8) is 0 Å². The maximum Gasteiger partial charge on any atom is 0.426 e. The Hall–Kier alpha value is -2.47. The topological polar surface area (TPSA) is 57.7 Å². The second-order valence-electron chi connectivity index (χ2n) is 9.69. The molecule has 0 saturated carbocycles. The zero-order chi connectivity index (χ0) is 22.7. The standard InChI is InChI=1S/C26H36N3O3/c1-20(30)29(17-6-3-7-18-29)26(32)27(2)19-21-12-14-23(15-13-21)25(31)28-16-8-10-22-9-4-5-11-24(22)28/h11-15,22H,3-10,16-19H2,1-2H3/q+1. The number of carbonyl (C=O) groups excluding carboxylic acids is 3. The summed E-state index contributed by atoms with van der Waals surface area (Å²) in [6.07, 6.45) is 10.9. The van der Waals surface area contributed by atoms with Crippen molar-refractivity contribution in [3.05, 3.63) is 47.2 Å². The van der Waals surface area contributed by atoms with Gasteiger partial charge < -0.3 is 4.90 Å². The first-order valence-corrected chi connectivity index (χ1v) is 12.2. The van der Waals surface area contributed by atoms with E-state index in [0.717, 1.165) is 44.2 Å². The first-order valence-electron chi connectivity index (χ1n) is 12.2. The fourth-order valence-corrected chi connectivity index (χ4v) is 5.66. The minimum Gasteiger partial charge on any atom is -0.312 e. The normalized spacial score (nSPS) is 22.5. The quantitative estimate of drug-likeness (QED) is 0.643. The van der Waals surface area contributed by atoms with E-state index in [1.165, 1.54) is 31.9 Å². The van der Waals surface area contributed by atoms with E-state index >= 15 is 0 Å². The van der Waals surface area contributed by atoms with Gasteiger partial charge in [0, 0.05) is 24.9 Å². The Morgan fingerprint density at radius 2 is 1.69 bits per heavy atom. The van der Waals surface area contributed by atoms with Crippen LogP contribution in [0.15, 0.2) is 36.0 Å². The molecular formula is C26H36N3O3+. The highest BCUT2D eigenvalue weighted by atomic mass is 16.2. The van der Waals surface area contributed by atoms with Gasteiger partial charge in [-0.25, -0.2) is 9.59 Å². The molecule has 1 atom stereocenters. The highest BCUT2D eigenvalue weighted by Crippen LogP contribution is 2.35. The van der Waals surface area contributed by atoms with Crippen LogP contribution in [0.2, 0.25) is 0 Å². The van der Waals surface area contributed by atoms with Crippen molar-refractivity contribution in [3.8, 4) is 0 Å². The van der Waals surface area contributed by atoms with Gasteiger partial charge in [-0.2, -0.15) is 4.48 Å². The summed E-state index contributed by atoms with van der Waals surface area (Å²) in [5.41, 5.74) is 2.88. The van der Waals surface area contributed by atoms with E-state index in [1.54, 1.807) is 11.9 Å². The van der Waals surface area contributed by atoms with Gasteiger partial charge in [0.2, 0.25) is 0 Å². The molecule has 1 aromatic carbocycles. The number of carbonyl (C=O) groups is 3. The molecule has 172 valence electrons. The molecule has 32 heavy (non-hydrogen) atoms. The molecule has 0 aromatic heterocycles. The third-order valence-corrected chi connectivity index (χ3v) is 7.52. The summed E-state index contributed by atoms with van der Waals surface area (Å²) >= 11 is 0. The molecule has 0 spiro atoms. The van der Waals surface area contributed by atoms with Gasteiger partial charge >= 0.3 is 11.9 Å². The van der Waals surface area contributed by atoms with Crippen LogP contribution in [0.1, 0.15) is 74.2 Å². The number of amides is 4. The van der Waals surface area contributed by atoms with E-state index in [2.05, 4.69) is 6.08 Å². The predicted molar refractivity (Wildman–Crippen MR) is 124 cm³/mol. The summed E-state index contributed by atoms with van der Waals surface area (Å²) in [7, 11) is 1.77. The Morgan fingerprint density at radius 3 is 2.38 bits per heavy atom. The molecule has 2 saturated heterocycles. The van der Waals surface area contributed by atoms with E-state index in [-0.39, 0.29) is 22.3 Å². The monoisotopic (exact) mass is 438 g/mol. The first-order chi connectivity index (χ1) is 15.4.